The quantitative estimate of drug-likeness (QED) is 0.666. The molecular weight excluding hydrogens is 174 g/mol. The van der Waals surface area contributed by atoms with Crippen LogP contribution in [0.15, 0.2) is 12.3 Å². The summed E-state index contributed by atoms with van der Waals surface area (Å²) >= 11 is 6.08. The van der Waals surface area contributed by atoms with Crippen LogP contribution in [0.1, 0.15) is 17.2 Å². The SMILES string of the molecule is Cc1ccnc(C2COC2)c1Cl. The summed E-state index contributed by atoms with van der Waals surface area (Å²) in [4.78, 5) is 4.25. The molecule has 0 N–H and O–H groups in total. The van der Waals surface area contributed by atoms with E-state index in [1.807, 2.05) is 13.0 Å². The third-order valence-corrected chi connectivity index (χ3v) is 2.63. The average Bonchev–Trinajstić information content (AvgIpc) is 1.95. The van der Waals surface area contributed by atoms with Crippen molar-refractivity contribution in [3.05, 3.63) is 28.5 Å². The largest absolute Gasteiger partial charge is 0.380 e. The van der Waals surface area contributed by atoms with Gasteiger partial charge in [0.25, 0.3) is 0 Å². The first kappa shape index (κ1) is 8.02. The Labute approximate surface area is 76.5 Å². The molecule has 0 spiro atoms. The molecule has 2 rings (SSSR count). The van der Waals surface area contributed by atoms with Gasteiger partial charge in [0.05, 0.1) is 23.9 Å². The van der Waals surface area contributed by atoms with Gasteiger partial charge < -0.3 is 4.74 Å². The minimum absolute atomic E-state index is 0.414. The molecule has 0 radical (unpaired) electrons. The van der Waals surface area contributed by atoms with E-state index in [1.54, 1.807) is 6.20 Å². The standard InChI is InChI=1S/C9H10ClNO/c1-6-2-3-11-9(8(6)10)7-4-12-5-7/h2-3,7H,4-5H2,1H3. The Balaban J connectivity index is 2.36. The Morgan fingerprint density at radius 1 is 1.58 bits per heavy atom. The van der Waals surface area contributed by atoms with Crippen molar-refractivity contribution < 1.29 is 4.74 Å². The zero-order chi connectivity index (χ0) is 8.55. The van der Waals surface area contributed by atoms with Crippen molar-refractivity contribution >= 4 is 11.6 Å². The predicted octanol–water partition coefficient (Wildman–Crippen LogP) is 2.16. The fraction of sp³-hybridized carbons (Fsp3) is 0.444. The Bertz CT molecular complexity index is 297. The lowest BCUT2D eigenvalue weighted by Gasteiger charge is -2.26. The molecule has 2 heterocycles. The highest BCUT2D eigenvalue weighted by molar-refractivity contribution is 6.32. The normalized spacial score (nSPS) is 17.5. The van der Waals surface area contributed by atoms with Gasteiger partial charge in [-0.2, -0.15) is 0 Å². The van der Waals surface area contributed by atoms with Crippen molar-refractivity contribution in [1.29, 1.82) is 0 Å². The van der Waals surface area contributed by atoms with Crippen molar-refractivity contribution in [3.63, 3.8) is 0 Å². The van der Waals surface area contributed by atoms with Gasteiger partial charge >= 0.3 is 0 Å². The molecule has 0 unspecified atom stereocenters. The molecule has 1 saturated heterocycles. The van der Waals surface area contributed by atoms with E-state index in [9.17, 15) is 0 Å². The number of aromatic nitrogens is 1. The van der Waals surface area contributed by atoms with Crippen LogP contribution < -0.4 is 0 Å². The van der Waals surface area contributed by atoms with E-state index in [2.05, 4.69) is 4.98 Å². The van der Waals surface area contributed by atoms with Gasteiger partial charge in [-0.15, -0.1) is 0 Å². The highest BCUT2D eigenvalue weighted by Crippen LogP contribution is 2.29. The molecule has 0 aliphatic carbocycles. The zero-order valence-corrected chi connectivity index (χ0v) is 7.64. The van der Waals surface area contributed by atoms with E-state index in [-0.39, 0.29) is 0 Å². The van der Waals surface area contributed by atoms with E-state index in [4.69, 9.17) is 16.3 Å². The van der Waals surface area contributed by atoms with Crippen LogP contribution in [0.4, 0.5) is 0 Å². The first-order chi connectivity index (χ1) is 5.79. The summed E-state index contributed by atoms with van der Waals surface area (Å²) in [5.41, 5.74) is 2.08. The van der Waals surface area contributed by atoms with Gasteiger partial charge in [-0.1, -0.05) is 11.6 Å². The summed E-state index contributed by atoms with van der Waals surface area (Å²) in [5.74, 6) is 0.414. The minimum Gasteiger partial charge on any atom is -0.380 e. The van der Waals surface area contributed by atoms with Crippen LogP contribution in [0, 0.1) is 6.92 Å². The number of rotatable bonds is 1. The molecule has 0 saturated carbocycles. The van der Waals surface area contributed by atoms with Crippen molar-refractivity contribution in [3.8, 4) is 0 Å². The number of hydrogen-bond acceptors (Lipinski definition) is 2. The minimum atomic E-state index is 0.414. The zero-order valence-electron chi connectivity index (χ0n) is 6.88. The molecule has 0 bridgehead atoms. The summed E-state index contributed by atoms with van der Waals surface area (Å²) in [6.45, 7) is 3.51. The molecule has 3 heteroatoms. The van der Waals surface area contributed by atoms with Gasteiger partial charge in [0.1, 0.15) is 0 Å². The monoisotopic (exact) mass is 183 g/mol. The third-order valence-electron chi connectivity index (χ3n) is 2.13. The molecule has 2 nitrogen and oxygen atoms in total. The number of ether oxygens (including phenoxy) is 1. The highest BCUT2D eigenvalue weighted by atomic mass is 35.5. The lowest BCUT2D eigenvalue weighted by molar-refractivity contribution is 0.00674. The lowest BCUT2D eigenvalue weighted by atomic mass is 10.0. The number of pyridine rings is 1. The number of hydrogen-bond donors (Lipinski definition) is 0. The molecule has 1 aliphatic rings. The van der Waals surface area contributed by atoms with E-state index >= 15 is 0 Å². The number of nitrogens with zero attached hydrogens (tertiary/aromatic N) is 1. The maximum absolute atomic E-state index is 6.08. The molecule has 1 aliphatic heterocycles. The van der Waals surface area contributed by atoms with Crippen LogP contribution >= 0.6 is 11.6 Å². The summed E-state index contributed by atoms with van der Waals surface area (Å²) in [5, 5.41) is 0.797. The van der Waals surface area contributed by atoms with Crippen LogP contribution in [0.2, 0.25) is 5.02 Å². The molecule has 1 aromatic rings. The number of halogens is 1. The lowest BCUT2D eigenvalue weighted by Crippen LogP contribution is -2.26. The molecule has 0 amide bonds. The Kier molecular flexibility index (Phi) is 2.03. The smallest absolute Gasteiger partial charge is 0.0669 e. The topological polar surface area (TPSA) is 22.1 Å². The summed E-state index contributed by atoms with van der Waals surface area (Å²) in [6, 6.07) is 1.92. The van der Waals surface area contributed by atoms with Crippen LogP contribution in [-0.4, -0.2) is 18.2 Å². The molecule has 0 atom stereocenters. The fourth-order valence-corrected chi connectivity index (χ4v) is 1.51. The van der Waals surface area contributed by atoms with Gasteiger partial charge in [0.2, 0.25) is 0 Å². The Morgan fingerprint density at radius 3 is 2.92 bits per heavy atom. The van der Waals surface area contributed by atoms with Crippen molar-refractivity contribution in [1.82, 2.24) is 4.98 Å². The molecule has 64 valence electrons. The van der Waals surface area contributed by atoms with E-state index < -0.39 is 0 Å². The molecule has 1 aromatic heterocycles. The molecule has 12 heavy (non-hydrogen) atoms. The summed E-state index contributed by atoms with van der Waals surface area (Å²) < 4.78 is 5.09. The molecular formula is C9H10ClNO. The molecule has 1 fully saturated rings. The fourth-order valence-electron chi connectivity index (χ4n) is 1.24. The number of aryl methyl sites for hydroxylation is 1. The van der Waals surface area contributed by atoms with Crippen molar-refractivity contribution in [2.75, 3.05) is 13.2 Å². The van der Waals surface area contributed by atoms with Crippen LogP contribution in [0.3, 0.4) is 0 Å². The van der Waals surface area contributed by atoms with Gasteiger partial charge in [-0.3, -0.25) is 4.98 Å². The van der Waals surface area contributed by atoms with Crippen LogP contribution in [0.25, 0.3) is 0 Å². The second-order valence-electron chi connectivity index (χ2n) is 3.06. The maximum Gasteiger partial charge on any atom is 0.0669 e. The predicted molar refractivity (Wildman–Crippen MR) is 47.5 cm³/mol. The Hall–Kier alpha value is -0.600. The summed E-state index contributed by atoms with van der Waals surface area (Å²) in [7, 11) is 0. The first-order valence-electron chi connectivity index (χ1n) is 3.98. The van der Waals surface area contributed by atoms with E-state index in [0.29, 0.717) is 5.92 Å². The van der Waals surface area contributed by atoms with E-state index in [1.165, 1.54) is 0 Å². The third kappa shape index (κ3) is 1.21. The van der Waals surface area contributed by atoms with Gasteiger partial charge in [-0.25, -0.2) is 0 Å². The van der Waals surface area contributed by atoms with Crippen LogP contribution in [-0.2, 0) is 4.74 Å². The van der Waals surface area contributed by atoms with Crippen molar-refractivity contribution in [2.45, 2.75) is 12.8 Å². The molecule has 0 aromatic carbocycles. The first-order valence-corrected chi connectivity index (χ1v) is 4.35. The van der Waals surface area contributed by atoms with Gasteiger partial charge in [0, 0.05) is 12.1 Å². The van der Waals surface area contributed by atoms with Crippen molar-refractivity contribution in [2.24, 2.45) is 0 Å². The highest BCUT2D eigenvalue weighted by Gasteiger charge is 2.24. The second-order valence-corrected chi connectivity index (χ2v) is 3.44. The van der Waals surface area contributed by atoms with Crippen LogP contribution in [0.5, 0.6) is 0 Å². The maximum atomic E-state index is 6.08. The average molecular weight is 184 g/mol. The van der Waals surface area contributed by atoms with Gasteiger partial charge in [-0.05, 0) is 18.6 Å². The Morgan fingerprint density at radius 2 is 2.33 bits per heavy atom. The van der Waals surface area contributed by atoms with E-state index in [0.717, 1.165) is 29.5 Å². The van der Waals surface area contributed by atoms with Gasteiger partial charge in [0.15, 0.2) is 0 Å². The second kappa shape index (κ2) is 3.04. The summed E-state index contributed by atoms with van der Waals surface area (Å²) in [6.07, 6.45) is 1.80.